The van der Waals surface area contributed by atoms with Crippen molar-refractivity contribution in [2.75, 3.05) is 23.5 Å². The first-order valence-electron chi connectivity index (χ1n) is 9.90. The van der Waals surface area contributed by atoms with E-state index in [1.54, 1.807) is 25.1 Å². The van der Waals surface area contributed by atoms with Gasteiger partial charge < -0.3 is 21.1 Å². The van der Waals surface area contributed by atoms with E-state index in [1.807, 2.05) is 39.0 Å². The van der Waals surface area contributed by atoms with Gasteiger partial charge in [0.05, 0.1) is 17.6 Å². The van der Waals surface area contributed by atoms with E-state index in [-0.39, 0.29) is 16.5 Å². The number of amides is 2. The summed E-state index contributed by atoms with van der Waals surface area (Å²) >= 11 is 1.02. The molecular weight excluding hydrogens is 426 g/mol. The van der Waals surface area contributed by atoms with Crippen molar-refractivity contribution in [3.05, 3.63) is 74.7 Å². The van der Waals surface area contributed by atoms with Gasteiger partial charge in [0, 0.05) is 16.9 Å². The van der Waals surface area contributed by atoms with Crippen LogP contribution in [0.1, 0.15) is 52.6 Å². The number of hydrogen-bond donors (Lipinski definition) is 3. The minimum Gasteiger partial charge on any atom is -0.465 e. The van der Waals surface area contributed by atoms with Gasteiger partial charge in [-0.25, -0.2) is 4.79 Å². The average Bonchev–Trinajstić information content (AvgIpc) is 3.07. The Kier molecular flexibility index (Phi) is 6.64. The number of nitrogens with one attached hydrogen (secondary N) is 2. The Labute approximate surface area is 190 Å². The van der Waals surface area contributed by atoms with E-state index >= 15 is 0 Å². The van der Waals surface area contributed by atoms with Crippen LogP contribution in [-0.4, -0.2) is 24.9 Å². The molecule has 2 aromatic carbocycles. The van der Waals surface area contributed by atoms with Crippen molar-refractivity contribution in [1.82, 2.24) is 0 Å². The lowest BCUT2D eigenvalue weighted by atomic mass is 10.1. The SMILES string of the molecule is COC(=O)c1c(NC(=O)c2ccc(C)c(N)c2)sc(C(=O)Nc2cc(C)ccc2C)c1C. The van der Waals surface area contributed by atoms with Gasteiger partial charge in [-0.05, 0) is 68.1 Å². The number of ether oxygens (including phenoxy) is 1. The Morgan fingerprint density at radius 1 is 0.906 bits per heavy atom. The fourth-order valence-electron chi connectivity index (χ4n) is 3.17. The summed E-state index contributed by atoms with van der Waals surface area (Å²) in [5, 5.41) is 5.87. The Morgan fingerprint density at radius 3 is 2.25 bits per heavy atom. The summed E-state index contributed by atoms with van der Waals surface area (Å²) in [6.45, 7) is 7.33. The highest BCUT2D eigenvalue weighted by molar-refractivity contribution is 7.19. The topological polar surface area (TPSA) is 111 Å². The minimum absolute atomic E-state index is 0.150. The maximum atomic E-state index is 13.0. The molecule has 0 aliphatic heterocycles. The van der Waals surface area contributed by atoms with Gasteiger partial charge in [0.15, 0.2) is 0 Å². The van der Waals surface area contributed by atoms with Crippen molar-refractivity contribution < 1.29 is 19.1 Å². The number of carbonyl (C=O) groups excluding carboxylic acids is 3. The van der Waals surface area contributed by atoms with Gasteiger partial charge in [-0.1, -0.05) is 18.2 Å². The van der Waals surface area contributed by atoms with Crippen LogP contribution in [0.4, 0.5) is 16.4 Å². The first kappa shape index (κ1) is 23.0. The van der Waals surface area contributed by atoms with Crippen molar-refractivity contribution in [2.45, 2.75) is 27.7 Å². The highest BCUT2D eigenvalue weighted by Crippen LogP contribution is 2.35. The van der Waals surface area contributed by atoms with Crippen LogP contribution in [0.3, 0.4) is 0 Å². The van der Waals surface area contributed by atoms with E-state index in [0.29, 0.717) is 27.4 Å². The third kappa shape index (κ3) is 4.65. The van der Waals surface area contributed by atoms with Crippen molar-refractivity contribution in [3.8, 4) is 0 Å². The van der Waals surface area contributed by atoms with Crippen LogP contribution in [0.2, 0.25) is 0 Å². The molecule has 0 aliphatic rings. The summed E-state index contributed by atoms with van der Waals surface area (Å²) in [6, 6.07) is 10.7. The number of anilines is 3. The average molecular weight is 452 g/mol. The lowest BCUT2D eigenvalue weighted by Gasteiger charge is -2.09. The Hall–Kier alpha value is -3.65. The molecule has 0 bridgehead atoms. The second kappa shape index (κ2) is 9.23. The van der Waals surface area contributed by atoms with Gasteiger partial charge in [0.25, 0.3) is 11.8 Å². The smallest absolute Gasteiger partial charge is 0.341 e. The van der Waals surface area contributed by atoms with E-state index in [4.69, 9.17) is 10.5 Å². The molecule has 3 aromatic rings. The number of carbonyl (C=O) groups is 3. The molecule has 0 radical (unpaired) electrons. The summed E-state index contributed by atoms with van der Waals surface area (Å²) in [5.41, 5.74) is 10.8. The van der Waals surface area contributed by atoms with Crippen molar-refractivity contribution in [2.24, 2.45) is 0 Å². The van der Waals surface area contributed by atoms with E-state index in [0.717, 1.165) is 28.0 Å². The van der Waals surface area contributed by atoms with Gasteiger partial charge in [0.2, 0.25) is 0 Å². The Balaban J connectivity index is 1.96. The Morgan fingerprint density at radius 2 is 1.59 bits per heavy atom. The highest BCUT2D eigenvalue weighted by Gasteiger charge is 2.27. The molecule has 0 spiro atoms. The van der Waals surface area contributed by atoms with Gasteiger partial charge in [-0.15, -0.1) is 11.3 Å². The van der Waals surface area contributed by atoms with Crippen LogP contribution < -0.4 is 16.4 Å². The number of nitrogen functional groups attached to an aromatic ring is 1. The number of esters is 1. The molecule has 3 rings (SSSR count). The van der Waals surface area contributed by atoms with Gasteiger partial charge in [-0.2, -0.15) is 0 Å². The molecule has 4 N–H and O–H groups in total. The van der Waals surface area contributed by atoms with Gasteiger partial charge >= 0.3 is 5.97 Å². The molecule has 0 saturated heterocycles. The molecule has 0 unspecified atom stereocenters. The number of rotatable bonds is 5. The molecule has 1 aromatic heterocycles. The van der Waals surface area contributed by atoms with Gasteiger partial charge in [-0.3, -0.25) is 9.59 Å². The zero-order chi connectivity index (χ0) is 23.6. The maximum Gasteiger partial charge on any atom is 0.341 e. The second-order valence-corrected chi connectivity index (χ2v) is 8.57. The fraction of sp³-hybridized carbons (Fsp3) is 0.208. The standard InChI is InChI=1S/C24H25N3O4S/c1-12-6-7-14(3)18(10-12)26-22(29)20-15(4)19(24(30)31-5)23(32-20)27-21(28)16-9-8-13(2)17(25)11-16/h6-11H,25H2,1-5H3,(H,26,29)(H,27,28). The van der Waals surface area contributed by atoms with E-state index in [1.165, 1.54) is 7.11 Å². The second-order valence-electron chi connectivity index (χ2n) is 7.55. The molecule has 0 fully saturated rings. The summed E-state index contributed by atoms with van der Waals surface area (Å²) in [4.78, 5) is 38.6. The third-order valence-electron chi connectivity index (χ3n) is 5.15. The quantitative estimate of drug-likeness (QED) is 0.379. The number of hydrogen-bond acceptors (Lipinski definition) is 6. The molecular formula is C24H25N3O4S. The first-order valence-corrected chi connectivity index (χ1v) is 10.7. The van der Waals surface area contributed by atoms with Crippen LogP contribution >= 0.6 is 11.3 Å². The van der Waals surface area contributed by atoms with Crippen LogP contribution in [0, 0.1) is 27.7 Å². The molecule has 32 heavy (non-hydrogen) atoms. The van der Waals surface area contributed by atoms with Crippen molar-refractivity contribution >= 4 is 45.5 Å². The molecule has 2 amide bonds. The van der Waals surface area contributed by atoms with Crippen molar-refractivity contribution in [3.63, 3.8) is 0 Å². The van der Waals surface area contributed by atoms with Crippen LogP contribution in [0.15, 0.2) is 36.4 Å². The normalized spacial score (nSPS) is 10.5. The van der Waals surface area contributed by atoms with Crippen LogP contribution in [0.5, 0.6) is 0 Å². The summed E-state index contributed by atoms with van der Waals surface area (Å²) in [7, 11) is 1.25. The lowest BCUT2D eigenvalue weighted by Crippen LogP contribution is -2.15. The van der Waals surface area contributed by atoms with Crippen LogP contribution in [0.25, 0.3) is 0 Å². The van der Waals surface area contributed by atoms with E-state index < -0.39 is 11.9 Å². The highest BCUT2D eigenvalue weighted by atomic mass is 32.1. The number of methoxy groups -OCH3 is 1. The number of aryl methyl sites for hydroxylation is 3. The molecule has 7 nitrogen and oxygen atoms in total. The Bertz CT molecular complexity index is 1230. The van der Waals surface area contributed by atoms with Gasteiger partial charge in [0.1, 0.15) is 5.00 Å². The number of nitrogens with two attached hydrogens (primary N) is 1. The van der Waals surface area contributed by atoms with E-state index in [9.17, 15) is 14.4 Å². The molecule has 8 heteroatoms. The predicted octanol–water partition coefficient (Wildman–Crippen LogP) is 4.86. The van der Waals surface area contributed by atoms with Crippen molar-refractivity contribution in [1.29, 1.82) is 0 Å². The molecule has 166 valence electrons. The molecule has 1 heterocycles. The first-order chi connectivity index (χ1) is 15.1. The third-order valence-corrected chi connectivity index (χ3v) is 6.36. The van der Waals surface area contributed by atoms with E-state index in [2.05, 4.69) is 10.6 Å². The zero-order valence-corrected chi connectivity index (χ0v) is 19.4. The fourth-order valence-corrected chi connectivity index (χ4v) is 4.26. The molecule has 0 atom stereocenters. The number of thiophene rings is 1. The number of benzene rings is 2. The van der Waals surface area contributed by atoms with Crippen LogP contribution in [-0.2, 0) is 4.74 Å². The predicted molar refractivity (Wildman–Crippen MR) is 128 cm³/mol. The minimum atomic E-state index is -0.636. The summed E-state index contributed by atoms with van der Waals surface area (Å²) in [6.07, 6.45) is 0. The monoisotopic (exact) mass is 451 g/mol. The summed E-state index contributed by atoms with van der Waals surface area (Å²) < 4.78 is 4.89. The molecule has 0 saturated carbocycles. The largest absolute Gasteiger partial charge is 0.465 e. The molecule has 0 aliphatic carbocycles. The zero-order valence-electron chi connectivity index (χ0n) is 18.6. The summed E-state index contributed by atoms with van der Waals surface area (Å²) in [5.74, 6) is -1.45. The maximum absolute atomic E-state index is 13.0. The lowest BCUT2D eigenvalue weighted by molar-refractivity contribution is 0.0601.